The number of H-pyrrole nitrogens is 1. The van der Waals surface area contributed by atoms with Crippen LogP contribution in [0.3, 0.4) is 0 Å². The van der Waals surface area contributed by atoms with E-state index in [0.717, 1.165) is 66.6 Å². The molecule has 33 heavy (non-hydrogen) atoms. The minimum absolute atomic E-state index is 0.0716. The average Bonchev–Trinajstić information content (AvgIpc) is 3.46. The second kappa shape index (κ2) is 8.76. The standard InChI is InChI=1S/C25H31N3O4S/c1-17-13-24(32-2)22(21-9-10-26-25(17)21)15-28-12-11-27(14-18-3-4-18)16-23(28)19-5-7-20(8-6-19)33(29,30)31/h5-10,13,18,23,26H,3-4,11-12,14-16H2,1-2H3,(H,29,30,31)/t23-/m0/s1. The number of hydrogen-bond donors (Lipinski definition) is 2. The van der Waals surface area contributed by atoms with Crippen LogP contribution in [0.25, 0.3) is 10.9 Å². The second-order valence-electron chi connectivity index (χ2n) is 9.37. The van der Waals surface area contributed by atoms with Gasteiger partial charge in [0.15, 0.2) is 0 Å². The zero-order valence-electron chi connectivity index (χ0n) is 19.1. The van der Waals surface area contributed by atoms with Gasteiger partial charge in [-0.3, -0.25) is 14.4 Å². The number of piperazine rings is 1. The lowest BCUT2D eigenvalue weighted by molar-refractivity contribution is 0.0650. The fourth-order valence-electron chi connectivity index (χ4n) is 5.06. The molecule has 2 aromatic carbocycles. The molecule has 2 fully saturated rings. The first-order valence-corrected chi connectivity index (χ1v) is 12.9. The van der Waals surface area contributed by atoms with E-state index in [1.807, 2.05) is 18.3 Å². The highest BCUT2D eigenvalue weighted by molar-refractivity contribution is 7.85. The minimum atomic E-state index is -4.21. The number of aromatic amines is 1. The molecule has 0 bridgehead atoms. The minimum Gasteiger partial charge on any atom is -0.496 e. The second-order valence-corrected chi connectivity index (χ2v) is 10.8. The van der Waals surface area contributed by atoms with Crippen LogP contribution in [-0.2, 0) is 16.7 Å². The molecule has 1 saturated heterocycles. The summed E-state index contributed by atoms with van der Waals surface area (Å²) in [5.41, 5.74) is 4.50. The van der Waals surface area contributed by atoms with Crippen LogP contribution in [0.5, 0.6) is 5.75 Å². The molecule has 1 aliphatic heterocycles. The first-order valence-electron chi connectivity index (χ1n) is 11.5. The van der Waals surface area contributed by atoms with Crippen molar-refractivity contribution in [3.05, 3.63) is 59.3 Å². The molecule has 1 atom stereocenters. The third kappa shape index (κ3) is 4.66. The lowest BCUT2D eigenvalue weighted by Crippen LogP contribution is -2.48. The number of aromatic nitrogens is 1. The smallest absolute Gasteiger partial charge is 0.294 e. The summed E-state index contributed by atoms with van der Waals surface area (Å²) < 4.78 is 38.2. The van der Waals surface area contributed by atoms with Crippen molar-refractivity contribution in [1.29, 1.82) is 0 Å². The molecule has 8 heteroatoms. The summed E-state index contributed by atoms with van der Waals surface area (Å²) in [6, 6.07) is 11.0. The highest BCUT2D eigenvalue weighted by Crippen LogP contribution is 2.36. The maximum absolute atomic E-state index is 11.5. The van der Waals surface area contributed by atoms with Crippen molar-refractivity contribution in [2.75, 3.05) is 33.3 Å². The van der Waals surface area contributed by atoms with E-state index in [0.29, 0.717) is 0 Å². The molecule has 0 spiro atoms. The molecule has 7 nitrogen and oxygen atoms in total. The molecule has 1 aromatic heterocycles. The van der Waals surface area contributed by atoms with E-state index in [4.69, 9.17) is 4.74 Å². The largest absolute Gasteiger partial charge is 0.496 e. The summed E-state index contributed by atoms with van der Waals surface area (Å²) in [7, 11) is -2.49. The van der Waals surface area contributed by atoms with E-state index < -0.39 is 10.1 Å². The molecule has 2 N–H and O–H groups in total. The fourth-order valence-corrected chi connectivity index (χ4v) is 5.54. The Labute approximate surface area is 195 Å². The maximum Gasteiger partial charge on any atom is 0.294 e. The van der Waals surface area contributed by atoms with E-state index in [2.05, 4.69) is 33.8 Å². The Morgan fingerprint density at radius 3 is 2.58 bits per heavy atom. The monoisotopic (exact) mass is 469 g/mol. The van der Waals surface area contributed by atoms with E-state index in [1.165, 1.54) is 30.4 Å². The Morgan fingerprint density at radius 1 is 1.15 bits per heavy atom. The Hall–Kier alpha value is -2.39. The maximum atomic E-state index is 11.5. The van der Waals surface area contributed by atoms with Gasteiger partial charge in [0, 0.05) is 61.4 Å². The Bertz CT molecular complexity index is 1250. The molecule has 2 aliphatic rings. The average molecular weight is 470 g/mol. The lowest BCUT2D eigenvalue weighted by atomic mass is 9.99. The molecule has 0 amide bonds. The van der Waals surface area contributed by atoms with Crippen molar-refractivity contribution in [2.24, 2.45) is 5.92 Å². The van der Waals surface area contributed by atoms with Gasteiger partial charge in [-0.25, -0.2) is 0 Å². The van der Waals surface area contributed by atoms with Gasteiger partial charge in [0.1, 0.15) is 5.75 Å². The highest BCUT2D eigenvalue weighted by Gasteiger charge is 2.33. The van der Waals surface area contributed by atoms with E-state index in [-0.39, 0.29) is 10.9 Å². The van der Waals surface area contributed by atoms with E-state index >= 15 is 0 Å². The SMILES string of the molecule is COc1cc(C)c2[nH]ccc2c1CN1CCN(CC2CC2)C[C@H]1c1ccc(S(=O)(=O)O)cc1. The van der Waals surface area contributed by atoms with Crippen LogP contribution in [-0.4, -0.2) is 61.0 Å². The van der Waals surface area contributed by atoms with Crippen molar-refractivity contribution < 1.29 is 17.7 Å². The Balaban J connectivity index is 1.48. The summed E-state index contributed by atoms with van der Waals surface area (Å²) >= 11 is 0. The number of rotatable bonds is 7. The number of fused-ring (bicyclic) bond motifs is 1. The summed E-state index contributed by atoms with van der Waals surface area (Å²) in [5.74, 6) is 1.70. The molecule has 3 aromatic rings. The Morgan fingerprint density at radius 2 is 1.91 bits per heavy atom. The van der Waals surface area contributed by atoms with Crippen molar-refractivity contribution in [1.82, 2.24) is 14.8 Å². The molecule has 5 rings (SSSR count). The first kappa shape index (κ1) is 22.4. The zero-order valence-corrected chi connectivity index (χ0v) is 19.9. The predicted octanol–water partition coefficient (Wildman–Crippen LogP) is 4.00. The predicted molar refractivity (Wildman–Crippen MR) is 128 cm³/mol. The van der Waals surface area contributed by atoms with Gasteiger partial charge in [-0.2, -0.15) is 8.42 Å². The molecule has 176 valence electrons. The molecule has 1 aliphatic carbocycles. The van der Waals surface area contributed by atoms with Crippen LogP contribution in [0.4, 0.5) is 0 Å². The zero-order chi connectivity index (χ0) is 23.2. The number of hydrogen-bond acceptors (Lipinski definition) is 5. The van der Waals surface area contributed by atoms with E-state index in [9.17, 15) is 13.0 Å². The van der Waals surface area contributed by atoms with Gasteiger partial charge < -0.3 is 9.72 Å². The van der Waals surface area contributed by atoms with Crippen LogP contribution < -0.4 is 4.74 Å². The van der Waals surface area contributed by atoms with Gasteiger partial charge in [-0.15, -0.1) is 0 Å². The number of benzene rings is 2. The van der Waals surface area contributed by atoms with Gasteiger partial charge in [0.25, 0.3) is 10.1 Å². The molecule has 2 heterocycles. The number of methoxy groups -OCH3 is 1. The molecule has 0 unspecified atom stereocenters. The van der Waals surface area contributed by atoms with Crippen LogP contribution in [0, 0.1) is 12.8 Å². The number of ether oxygens (including phenoxy) is 1. The normalized spacial score (nSPS) is 20.4. The van der Waals surface area contributed by atoms with Gasteiger partial charge in [0.2, 0.25) is 0 Å². The third-order valence-electron chi connectivity index (χ3n) is 7.04. The molecular weight excluding hydrogens is 438 g/mol. The summed E-state index contributed by atoms with van der Waals surface area (Å²) in [6.07, 6.45) is 4.61. The Kier molecular flexibility index (Phi) is 5.95. The first-order chi connectivity index (χ1) is 15.8. The van der Waals surface area contributed by atoms with E-state index in [1.54, 1.807) is 7.11 Å². The van der Waals surface area contributed by atoms with Crippen molar-refractivity contribution in [3.63, 3.8) is 0 Å². The summed E-state index contributed by atoms with van der Waals surface area (Å²) in [4.78, 5) is 8.28. The molecule has 0 radical (unpaired) electrons. The summed E-state index contributed by atoms with van der Waals surface area (Å²) in [6.45, 7) is 6.78. The number of nitrogens with one attached hydrogen (secondary N) is 1. The summed E-state index contributed by atoms with van der Waals surface area (Å²) in [5, 5.41) is 1.17. The molecule has 1 saturated carbocycles. The van der Waals surface area contributed by atoms with Crippen molar-refractivity contribution in [2.45, 2.75) is 37.2 Å². The van der Waals surface area contributed by atoms with Gasteiger partial charge in [-0.1, -0.05) is 12.1 Å². The lowest BCUT2D eigenvalue weighted by Gasteiger charge is -2.42. The van der Waals surface area contributed by atoms with Crippen LogP contribution >= 0.6 is 0 Å². The molecular formula is C25H31N3O4S. The van der Waals surface area contributed by atoms with Gasteiger partial charge in [0.05, 0.1) is 12.0 Å². The number of aryl methyl sites for hydroxylation is 1. The topological polar surface area (TPSA) is 85.9 Å². The van der Waals surface area contributed by atoms with Crippen LogP contribution in [0.2, 0.25) is 0 Å². The van der Waals surface area contributed by atoms with Gasteiger partial charge >= 0.3 is 0 Å². The number of nitrogens with zero attached hydrogens (tertiary/aromatic N) is 2. The van der Waals surface area contributed by atoms with Crippen LogP contribution in [0.1, 0.15) is 35.6 Å². The van der Waals surface area contributed by atoms with Crippen LogP contribution in [0.15, 0.2) is 47.5 Å². The third-order valence-corrected chi connectivity index (χ3v) is 7.91. The quantitative estimate of drug-likeness (QED) is 0.509. The fraction of sp³-hybridized carbons (Fsp3) is 0.440. The van der Waals surface area contributed by atoms with Crippen molar-refractivity contribution in [3.8, 4) is 5.75 Å². The van der Waals surface area contributed by atoms with Crippen molar-refractivity contribution >= 4 is 21.0 Å². The van der Waals surface area contributed by atoms with Gasteiger partial charge in [-0.05, 0) is 61.1 Å². The highest BCUT2D eigenvalue weighted by atomic mass is 32.2.